The molecule has 2 amide bonds. The number of hydrogen-bond donors (Lipinski definition) is 1. The van der Waals surface area contributed by atoms with Crippen LogP contribution in [0.25, 0.3) is 32.6 Å². The number of carbonyl (C=O) groups is 2. The van der Waals surface area contributed by atoms with E-state index in [1.807, 2.05) is 29.1 Å². The fourth-order valence-electron chi connectivity index (χ4n) is 6.37. The Kier molecular flexibility index (Phi) is 9.05. The van der Waals surface area contributed by atoms with Crippen LogP contribution in [-0.4, -0.2) is 77.5 Å². The lowest BCUT2D eigenvalue weighted by atomic mass is 9.97. The molecule has 0 aliphatic carbocycles. The molecule has 0 radical (unpaired) electrons. The number of carbonyl (C=O) groups excluding carboxylic acids is 2. The summed E-state index contributed by atoms with van der Waals surface area (Å²) in [6.07, 6.45) is 2.80. The summed E-state index contributed by atoms with van der Waals surface area (Å²) < 4.78 is 44.2. The summed E-state index contributed by atoms with van der Waals surface area (Å²) >= 11 is 1.43. The minimum Gasteiger partial charge on any atom is -0.490 e. The SMILES string of the molecule is C=CC(=O)N1CCn2nc(-c3nc(N4CCC(NC(C)=O)CC4)c4ccsc4c3-c3c(F)cc(F)cc3OCCOC)cc2[C@H]1C. The Hall–Kier alpha value is -4.36. The van der Waals surface area contributed by atoms with Crippen LogP contribution in [0.3, 0.4) is 0 Å². The van der Waals surface area contributed by atoms with E-state index in [0.717, 1.165) is 40.5 Å². The molecule has 2 aliphatic rings. The molecule has 1 fully saturated rings. The van der Waals surface area contributed by atoms with Crippen LogP contribution >= 0.6 is 11.3 Å². The molecular weight excluding hydrogens is 614 g/mol. The van der Waals surface area contributed by atoms with Crippen LogP contribution in [0.2, 0.25) is 0 Å². The minimum atomic E-state index is -0.783. The number of nitrogens with zero attached hydrogens (tertiary/aromatic N) is 5. The van der Waals surface area contributed by atoms with E-state index in [2.05, 4.69) is 16.8 Å². The highest BCUT2D eigenvalue weighted by atomic mass is 32.1. The topological polar surface area (TPSA) is 102 Å². The maximum atomic E-state index is 16.0. The predicted octanol–water partition coefficient (Wildman–Crippen LogP) is 5.32. The van der Waals surface area contributed by atoms with E-state index < -0.39 is 11.6 Å². The lowest BCUT2D eigenvalue weighted by Crippen LogP contribution is -2.44. The number of halogens is 2. The number of aromatic nitrogens is 3. The molecule has 1 N–H and O–H groups in total. The van der Waals surface area contributed by atoms with Crippen molar-refractivity contribution >= 4 is 39.1 Å². The molecule has 13 heteroatoms. The quantitative estimate of drug-likeness (QED) is 0.193. The van der Waals surface area contributed by atoms with E-state index in [1.54, 1.807) is 4.90 Å². The Bertz CT molecular complexity index is 1800. The number of nitrogens with one attached hydrogen (secondary N) is 1. The first-order valence-electron chi connectivity index (χ1n) is 15.3. The number of benzene rings is 1. The molecule has 0 spiro atoms. The maximum absolute atomic E-state index is 16.0. The highest BCUT2D eigenvalue weighted by molar-refractivity contribution is 7.18. The van der Waals surface area contributed by atoms with Gasteiger partial charge in [-0.2, -0.15) is 5.10 Å². The number of amides is 2. The lowest BCUT2D eigenvalue weighted by molar-refractivity contribution is -0.129. The van der Waals surface area contributed by atoms with Gasteiger partial charge in [-0.3, -0.25) is 14.3 Å². The maximum Gasteiger partial charge on any atom is 0.246 e. The number of ether oxygens (including phenoxy) is 2. The number of fused-ring (bicyclic) bond motifs is 2. The van der Waals surface area contributed by atoms with Crippen molar-refractivity contribution in [3.05, 3.63) is 59.6 Å². The average molecular weight is 651 g/mol. The van der Waals surface area contributed by atoms with E-state index in [0.29, 0.717) is 43.1 Å². The summed E-state index contributed by atoms with van der Waals surface area (Å²) in [6.45, 7) is 9.67. The van der Waals surface area contributed by atoms with Crippen LogP contribution in [0.15, 0.2) is 42.3 Å². The van der Waals surface area contributed by atoms with E-state index in [-0.39, 0.29) is 48.4 Å². The highest BCUT2D eigenvalue weighted by Crippen LogP contribution is 2.47. The van der Waals surface area contributed by atoms with Crippen molar-refractivity contribution < 1.29 is 27.8 Å². The van der Waals surface area contributed by atoms with Gasteiger partial charge in [-0.1, -0.05) is 6.58 Å². The van der Waals surface area contributed by atoms with Gasteiger partial charge in [0.2, 0.25) is 11.8 Å². The van der Waals surface area contributed by atoms with Crippen LogP contribution in [0.1, 0.15) is 38.4 Å². The smallest absolute Gasteiger partial charge is 0.246 e. The number of thiophene rings is 1. The van der Waals surface area contributed by atoms with Crippen molar-refractivity contribution in [2.24, 2.45) is 0 Å². The van der Waals surface area contributed by atoms with Gasteiger partial charge in [0.1, 0.15) is 41.2 Å². The zero-order valence-corrected chi connectivity index (χ0v) is 26.8. The van der Waals surface area contributed by atoms with Crippen molar-refractivity contribution in [2.45, 2.75) is 45.3 Å². The molecule has 5 heterocycles. The average Bonchev–Trinajstić information content (AvgIpc) is 3.69. The van der Waals surface area contributed by atoms with E-state index in [4.69, 9.17) is 19.6 Å². The molecule has 242 valence electrons. The summed E-state index contributed by atoms with van der Waals surface area (Å²) in [5.41, 5.74) is 2.27. The van der Waals surface area contributed by atoms with Gasteiger partial charge in [-0.05, 0) is 43.4 Å². The molecule has 1 aromatic carbocycles. The lowest BCUT2D eigenvalue weighted by Gasteiger charge is -2.34. The first-order valence-corrected chi connectivity index (χ1v) is 16.1. The van der Waals surface area contributed by atoms with Crippen molar-refractivity contribution in [1.82, 2.24) is 25.0 Å². The second-order valence-corrected chi connectivity index (χ2v) is 12.4. The third kappa shape index (κ3) is 5.96. The van der Waals surface area contributed by atoms with Gasteiger partial charge < -0.3 is 24.6 Å². The first-order chi connectivity index (χ1) is 22.2. The Morgan fingerprint density at radius 1 is 1.13 bits per heavy atom. The van der Waals surface area contributed by atoms with Crippen LogP contribution in [0, 0.1) is 11.6 Å². The molecule has 46 heavy (non-hydrogen) atoms. The molecule has 0 bridgehead atoms. The number of methoxy groups -OCH3 is 1. The van der Waals surface area contributed by atoms with E-state index in [9.17, 15) is 14.0 Å². The zero-order chi connectivity index (χ0) is 32.5. The van der Waals surface area contributed by atoms with Crippen molar-refractivity contribution in [3.8, 4) is 28.3 Å². The predicted molar refractivity (Wildman–Crippen MR) is 173 cm³/mol. The molecule has 1 saturated heterocycles. The zero-order valence-electron chi connectivity index (χ0n) is 26.0. The van der Waals surface area contributed by atoms with Crippen molar-refractivity contribution in [2.75, 3.05) is 44.9 Å². The van der Waals surface area contributed by atoms with Gasteiger partial charge in [0, 0.05) is 67.5 Å². The number of pyridine rings is 1. The number of hydrogen-bond acceptors (Lipinski definition) is 8. The third-order valence-electron chi connectivity index (χ3n) is 8.56. The van der Waals surface area contributed by atoms with E-state index >= 15 is 4.39 Å². The van der Waals surface area contributed by atoms with Crippen LogP contribution < -0.4 is 15.0 Å². The molecule has 0 saturated carbocycles. The fourth-order valence-corrected chi connectivity index (χ4v) is 7.31. The molecule has 3 aromatic heterocycles. The molecular formula is C33H36F2N6O4S. The fraction of sp³-hybridized carbons (Fsp3) is 0.394. The Balaban J connectivity index is 1.54. The molecule has 0 unspecified atom stereocenters. The largest absolute Gasteiger partial charge is 0.490 e. The van der Waals surface area contributed by atoms with Crippen molar-refractivity contribution in [1.29, 1.82) is 0 Å². The summed E-state index contributed by atoms with van der Waals surface area (Å²) in [5.74, 6) is -1.01. The highest BCUT2D eigenvalue weighted by Gasteiger charge is 2.32. The van der Waals surface area contributed by atoms with Crippen molar-refractivity contribution in [3.63, 3.8) is 0 Å². The van der Waals surface area contributed by atoms with Crippen LogP contribution in [-0.2, 0) is 20.9 Å². The molecule has 6 rings (SSSR count). The number of piperidine rings is 1. The van der Waals surface area contributed by atoms with Gasteiger partial charge in [0.15, 0.2) is 0 Å². The third-order valence-corrected chi connectivity index (χ3v) is 9.49. The van der Waals surface area contributed by atoms with Gasteiger partial charge in [0.05, 0.1) is 30.5 Å². The number of anilines is 1. The Morgan fingerprint density at radius 3 is 2.63 bits per heavy atom. The minimum absolute atomic E-state index is 0.0382. The Morgan fingerprint density at radius 2 is 1.91 bits per heavy atom. The summed E-state index contributed by atoms with van der Waals surface area (Å²) in [4.78, 5) is 33.4. The van der Waals surface area contributed by atoms with Gasteiger partial charge in [0.25, 0.3) is 0 Å². The first kappa shape index (κ1) is 31.6. The van der Waals surface area contributed by atoms with Crippen LogP contribution in [0.5, 0.6) is 5.75 Å². The van der Waals surface area contributed by atoms with Crippen LogP contribution in [0.4, 0.5) is 14.6 Å². The summed E-state index contributed by atoms with van der Waals surface area (Å²) in [6, 6.07) is 5.67. The van der Waals surface area contributed by atoms with Gasteiger partial charge >= 0.3 is 0 Å². The Labute approximate surface area is 269 Å². The summed E-state index contributed by atoms with van der Waals surface area (Å²) in [7, 11) is 1.52. The number of rotatable bonds is 9. The molecule has 2 aliphatic heterocycles. The molecule has 1 atom stereocenters. The molecule has 4 aromatic rings. The normalized spacial score (nSPS) is 16.8. The van der Waals surface area contributed by atoms with Gasteiger partial charge in [-0.15, -0.1) is 11.3 Å². The second-order valence-electron chi connectivity index (χ2n) is 11.5. The summed E-state index contributed by atoms with van der Waals surface area (Å²) in [5, 5.41) is 10.7. The second kappa shape index (κ2) is 13.2. The van der Waals surface area contributed by atoms with E-state index in [1.165, 1.54) is 37.5 Å². The van der Waals surface area contributed by atoms with Gasteiger partial charge in [-0.25, -0.2) is 13.8 Å². The molecule has 10 nitrogen and oxygen atoms in total. The standard InChI is InChI=1S/C33H36F2N6O4S/c1-5-28(43)40-11-12-41-26(19(40)2)18-25(38-41)31-30(29-24(35)16-21(34)17-27(29)45-14-13-44-4)32-23(8-15-46-32)33(37-31)39-9-6-22(7-10-39)36-20(3)42/h5,8,15-19,22H,1,6-7,9-14H2,2-4H3,(H,36,42)/t19-/m1/s1. The monoisotopic (exact) mass is 650 g/mol.